The minimum Gasteiger partial charge on any atom is -0.184 e. The van der Waals surface area contributed by atoms with Gasteiger partial charge in [-0.3, -0.25) is 0 Å². The summed E-state index contributed by atoms with van der Waals surface area (Å²) in [6.45, 7) is 0. The third kappa shape index (κ3) is 1.00. The molecule has 0 amide bonds. The molecule has 0 aromatic heterocycles. The number of benzene rings is 2. The van der Waals surface area contributed by atoms with E-state index in [1.54, 1.807) is 11.8 Å². The highest BCUT2D eigenvalue weighted by molar-refractivity contribution is 7.99. The largest absolute Gasteiger partial charge is 0.286 e. The maximum absolute atomic E-state index is 5.28. The van der Waals surface area contributed by atoms with E-state index >= 15 is 0 Å². The lowest BCUT2D eigenvalue weighted by Gasteiger charge is -2.21. The van der Waals surface area contributed by atoms with E-state index < -0.39 is 5.79 Å². The summed E-state index contributed by atoms with van der Waals surface area (Å²) in [5, 5.41) is 0. The third-order valence-corrected chi connectivity index (χ3v) is 4.11. The van der Waals surface area contributed by atoms with Crippen LogP contribution in [0.5, 0.6) is 0 Å². The monoisotopic (exact) mass is 228 g/mol. The predicted molar refractivity (Wildman–Crippen MR) is 60.0 cm³/mol. The van der Waals surface area contributed by atoms with E-state index in [0.717, 1.165) is 11.1 Å². The van der Waals surface area contributed by atoms with E-state index in [2.05, 4.69) is 24.3 Å². The van der Waals surface area contributed by atoms with Crippen LogP contribution in [-0.2, 0) is 15.6 Å². The average Bonchev–Trinajstić information content (AvgIpc) is 3.11. The van der Waals surface area contributed by atoms with Gasteiger partial charge in [-0.05, 0) is 12.1 Å². The second kappa shape index (κ2) is 2.88. The van der Waals surface area contributed by atoms with Crippen LogP contribution in [0.4, 0.5) is 0 Å². The summed E-state index contributed by atoms with van der Waals surface area (Å²) in [4.78, 5) is 13.0. The average molecular weight is 228 g/mol. The zero-order valence-electron chi connectivity index (χ0n) is 8.34. The van der Waals surface area contributed by atoms with Crippen molar-refractivity contribution >= 4 is 11.8 Å². The third-order valence-electron chi connectivity index (χ3n) is 2.95. The SMILES string of the molecule is c1ccc2c(c1)Sc1ccccc1C21OO1. The van der Waals surface area contributed by atoms with Gasteiger partial charge in [-0.2, -0.15) is 9.78 Å². The van der Waals surface area contributed by atoms with Gasteiger partial charge in [0.2, 0.25) is 0 Å². The molecular weight excluding hydrogens is 220 g/mol. The molecule has 0 radical (unpaired) electrons. The zero-order valence-corrected chi connectivity index (χ0v) is 9.16. The molecule has 4 rings (SSSR count). The van der Waals surface area contributed by atoms with E-state index in [1.807, 2.05) is 24.3 Å². The second-order valence-corrected chi connectivity index (χ2v) is 4.96. The summed E-state index contributed by atoms with van der Waals surface area (Å²) in [5.41, 5.74) is 2.22. The van der Waals surface area contributed by atoms with E-state index in [0.29, 0.717) is 0 Å². The molecule has 0 aliphatic carbocycles. The molecule has 2 nitrogen and oxygen atoms in total. The highest BCUT2D eigenvalue weighted by Gasteiger charge is 2.56. The highest BCUT2D eigenvalue weighted by atomic mass is 32.2. The Balaban J connectivity index is 2.02. The van der Waals surface area contributed by atoms with Crippen LogP contribution in [0.15, 0.2) is 58.3 Å². The molecule has 2 aliphatic rings. The van der Waals surface area contributed by atoms with Crippen LogP contribution >= 0.6 is 11.8 Å². The number of hydrogen-bond donors (Lipinski definition) is 0. The first-order chi connectivity index (χ1) is 7.90. The van der Waals surface area contributed by atoms with Crippen molar-refractivity contribution in [2.45, 2.75) is 15.6 Å². The van der Waals surface area contributed by atoms with Crippen molar-refractivity contribution in [2.24, 2.45) is 0 Å². The fraction of sp³-hybridized carbons (Fsp3) is 0.0769. The summed E-state index contributed by atoms with van der Waals surface area (Å²) >= 11 is 1.76. The van der Waals surface area contributed by atoms with Gasteiger partial charge in [0.25, 0.3) is 5.79 Å². The van der Waals surface area contributed by atoms with E-state index in [-0.39, 0.29) is 0 Å². The quantitative estimate of drug-likeness (QED) is 0.511. The standard InChI is InChI=1S/C13H8O2S/c1-3-7-11-9(5-1)13(14-15-13)10-6-2-4-8-12(10)16-11/h1-8H. The van der Waals surface area contributed by atoms with Crippen LogP contribution < -0.4 is 0 Å². The first kappa shape index (κ1) is 8.82. The molecule has 0 saturated carbocycles. The Kier molecular flexibility index (Phi) is 1.59. The van der Waals surface area contributed by atoms with Crippen LogP contribution in [0, 0.1) is 0 Å². The van der Waals surface area contributed by atoms with E-state index in [9.17, 15) is 0 Å². The van der Waals surface area contributed by atoms with Gasteiger partial charge in [-0.1, -0.05) is 48.2 Å². The van der Waals surface area contributed by atoms with Crippen LogP contribution in [-0.4, -0.2) is 0 Å². The van der Waals surface area contributed by atoms with Crippen LogP contribution in [0.1, 0.15) is 11.1 Å². The maximum Gasteiger partial charge on any atom is 0.286 e. The molecule has 2 aliphatic heterocycles. The Morgan fingerprint density at radius 3 is 1.75 bits per heavy atom. The van der Waals surface area contributed by atoms with Crippen molar-refractivity contribution in [3.63, 3.8) is 0 Å². The van der Waals surface area contributed by atoms with Crippen molar-refractivity contribution in [2.75, 3.05) is 0 Å². The van der Waals surface area contributed by atoms with Crippen molar-refractivity contribution < 1.29 is 9.78 Å². The minimum absolute atomic E-state index is 0.627. The molecule has 1 saturated heterocycles. The summed E-state index contributed by atoms with van der Waals surface area (Å²) in [5.74, 6) is -0.627. The molecule has 1 fully saturated rings. The highest BCUT2D eigenvalue weighted by Crippen LogP contribution is 2.57. The summed E-state index contributed by atoms with van der Waals surface area (Å²) in [6, 6.07) is 16.4. The van der Waals surface area contributed by atoms with Crippen molar-refractivity contribution in [1.82, 2.24) is 0 Å². The Hall–Kier alpha value is -1.29. The smallest absolute Gasteiger partial charge is 0.184 e. The molecular formula is C13H8O2S. The Morgan fingerprint density at radius 1 is 0.750 bits per heavy atom. The van der Waals surface area contributed by atoms with Crippen molar-refractivity contribution in [3.8, 4) is 0 Å². The molecule has 0 atom stereocenters. The van der Waals surface area contributed by atoms with Gasteiger partial charge >= 0.3 is 0 Å². The lowest BCUT2D eigenvalue weighted by molar-refractivity contribution is 0.0850. The fourth-order valence-corrected chi connectivity index (χ4v) is 3.29. The first-order valence-corrected chi connectivity index (χ1v) is 5.95. The molecule has 16 heavy (non-hydrogen) atoms. The fourth-order valence-electron chi connectivity index (χ4n) is 2.14. The molecule has 0 bridgehead atoms. The molecule has 0 N–H and O–H groups in total. The Bertz CT molecular complexity index is 528. The van der Waals surface area contributed by atoms with Crippen LogP contribution in [0.25, 0.3) is 0 Å². The van der Waals surface area contributed by atoms with Gasteiger partial charge < -0.3 is 0 Å². The summed E-state index contributed by atoms with van der Waals surface area (Å²) in [6.07, 6.45) is 0. The topological polar surface area (TPSA) is 25.1 Å². The molecule has 78 valence electrons. The maximum atomic E-state index is 5.28. The molecule has 3 heteroatoms. The molecule has 2 heterocycles. The van der Waals surface area contributed by atoms with Gasteiger partial charge in [0, 0.05) is 20.9 Å². The molecule has 1 spiro atoms. The summed E-state index contributed by atoms with van der Waals surface area (Å²) < 4.78 is 0. The molecule has 2 aromatic carbocycles. The normalized spacial score (nSPS) is 19.0. The molecule has 0 unspecified atom stereocenters. The first-order valence-electron chi connectivity index (χ1n) is 5.14. The zero-order chi connectivity index (χ0) is 10.6. The van der Waals surface area contributed by atoms with E-state index in [4.69, 9.17) is 9.78 Å². The lowest BCUT2D eigenvalue weighted by Crippen LogP contribution is -2.16. The lowest BCUT2D eigenvalue weighted by atomic mass is 9.98. The molecule has 2 aromatic rings. The van der Waals surface area contributed by atoms with Crippen LogP contribution in [0.3, 0.4) is 0 Å². The van der Waals surface area contributed by atoms with Gasteiger partial charge in [0.05, 0.1) is 0 Å². The van der Waals surface area contributed by atoms with Crippen LogP contribution in [0.2, 0.25) is 0 Å². The van der Waals surface area contributed by atoms with E-state index in [1.165, 1.54) is 9.79 Å². The van der Waals surface area contributed by atoms with Crippen molar-refractivity contribution in [3.05, 3.63) is 59.7 Å². The van der Waals surface area contributed by atoms with Gasteiger partial charge in [0.15, 0.2) is 0 Å². The van der Waals surface area contributed by atoms with Gasteiger partial charge in [-0.15, -0.1) is 0 Å². The second-order valence-electron chi connectivity index (χ2n) is 3.88. The number of hydrogen-bond acceptors (Lipinski definition) is 3. The predicted octanol–water partition coefficient (Wildman–Crippen LogP) is 3.31. The van der Waals surface area contributed by atoms with Gasteiger partial charge in [-0.25, -0.2) is 0 Å². The minimum atomic E-state index is -0.627. The number of fused-ring (bicyclic) bond motifs is 4. The van der Waals surface area contributed by atoms with Gasteiger partial charge in [0.1, 0.15) is 0 Å². The Morgan fingerprint density at radius 2 is 1.25 bits per heavy atom. The summed E-state index contributed by atoms with van der Waals surface area (Å²) in [7, 11) is 0. The Labute approximate surface area is 97.1 Å². The van der Waals surface area contributed by atoms with Crippen molar-refractivity contribution in [1.29, 1.82) is 0 Å². The number of rotatable bonds is 0.